The highest BCUT2D eigenvalue weighted by Gasteiger charge is 2.00. The first-order valence-corrected chi connectivity index (χ1v) is 4.87. The topological polar surface area (TPSA) is 47.3 Å². The number of methoxy groups -OCH3 is 1. The number of ether oxygens (including phenoxy) is 1. The van der Waals surface area contributed by atoms with Crippen molar-refractivity contribution in [2.45, 2.75) is 19.4 Å². The normalized spacial score (nSPS) is 12.2. The van der Waals surface area contributed by atoms with Crippen molar-refractivity contribution in [2.75, 3.05) is 19.0 Å². The summed E-state index contributed by atoms with van der Waals surface area (Å²) >= 11 is 0. The largest absolute Gasteiger partial charge is 0.497 e. The van der Waals surface area contributed by atoms with Gasteiger partial charge in [0.2, 0.25) is 0 Å². The van der Waals surface area contributed by atoms with Crippen LogP contribution >= 0.6 is 0 Å². The minimum Gasteiger partial charge on any atom is -0.497 e. The van der Waals surface area contributed by atoms with E-state index in [2.05, 4.69) is 12.2 Å². The Kier molecular flexibility index (Phi) is 4.26. The maximum atomic E-state index is 5.47. The number of nitrogens with one attached hydrogen (secondary N) is 1. The lowest BCUT2D eigenvalue weighted by molar-refractivity contribution is 0.415. The van der Waals surface area contributed by atoms with Crippen molar-refractivity contribution < 1.29 is 4.74 Å². The molecule has 78 valence electrons. The summed E-state index contributed by atoms with van der Waals surface area (Å²) in [7, 11) is 1.67. The SMILES string of the molecule is COc1cccc(NC(C)CCN)c1. The number of rotatable bonds is 5. The maximum Gasteiger partial charge on any atom is 0.120 e. The average Bonchev–Trinajstić information content (AvgIpc) is 2.18. The first kappa shape index (κ1) is 10.9. The molecule has 0 amide bonds. The van der Waals surface area contributed by atoms with E-state index in [9.17, 15) is 0 Å². The average molecular weight is 194 g/mol. The molecule has 3 nitrogen and oxygen atoms in total. The molecule has 0 bridgehead atoms. The van der Waals surface area contributed by atoms with Gasteiger partial charge in [0.05, 0.1) is 7.11 Å². The van der Waals surface area contributed by atoms with Crippen molar-refractivity contribution >= 4 is 5.69 Å². The molecule has 0 saturated carbocycles. The third-order valence-corrected chi connectivity index (χ3v) is 2.08. The fourth-order valence-corrected chi connectivity index (χ4v) is 1.32. The van der Waals surface area contributed by atoms with E-state index in [1.165, 1.54) is 0 Å². The van der Waals surface area contributed by atoms with Crippen LogP contribution in [0.2, 0.25) is 0 Å². The molecule has 3 heteroatoms. The molecule has 0 aliphatic heterocycles. The predicted octanol–water partition coefficient (Wildman–Crippen LogP) is 1.84. The van der Waals surface area contributed by atoms with E-state index < -0.39 is 0 Å². The standard InChI is InChI=1S/C11H18N2O/c1-9(6-7-12)13-10-4-3-5-11(8-10)14-2/h3-5,8-9,13H,6-7,12H2,1-2H3. The Hall–Kier alpha value is -1.22. The number of hydrogen-bond acceptors (Lipinski definition) is 3. The van der Waals surface area contributed by atoms with E-state index in [4.69, 9.17) is 10.5 Å². The molecular weight excluding hydrogens is 176 g/mol. The number of hydrogen-bond donors (Lipinski definition) is 2. The minimum atomic E-state index is 0.395. The van der Waals surface area contributed by atoms with Gasteiger partial charge in [-0.15, -0.1) is 0 Å². The molecule has 1 unspecified atom stereocenters. The molecule has 0 saturated heterocycles. The summed E-state index contributed by atoms with van der Waals surface area (Å²) in [5, 5.41) is 3.36. The molecule has 0 aliphatic rings. The molecule has 0 heterocycles. The van der Waals surface area contributed by atoms with Crippen molar-refractivity contribution in [3.63, 3.8) is 0 Å². The summed E-state index contributed by atoms with van der Waals surface area (Å²) in [6.07, 6.45) is 0.969. The van der Waals surface area contributed by atoms with Crippen molar-refractivity contribution in [1.29, 1.82) is 0 Å². The van der Waals surface area contributed by atoms with Crippen molar-refractivity contribution in [1.82, 2.24) is 0 Å². The van der Waals surface area contributed by atoms with Crippen LogP contribution in [-0.2, 0) is 0 Å². The fourth-order valence-electron chi connectivity index (χ4n) is 1.32. The zero-order chi connectivity index (χ0) is 10.4. The number of benzene rings is 1. The van der Waals surface area contributed by atoms with Crippen LogP contribution in [0.5, 0.6) is 5.75 Å². The molecule has 1 atom stereocenters. The third-order valence-electron chi connectivity index (χ3n) is 2.08. The Morgan fingerprint density at radius 1 is 1.50 bits per heavy atom. The summed E-state index contributed by atoms with van der Waals surface area (Å²) in [6, 6.07) is 8.30. The van der Waals surface area contributed by atoms with E-state index in [0.717, 1.165) is 17.9 Å². The molecule has 3 N–H and O–H groups in total. The van der Waals surface area contributed by atoms with E-state index in [1.807, 2.05) is 24.3 Å². The van der Waals surface area contributed by atoms with Crippen LogP contribution in [0.15, 0.2) is 24.3 Å². The summed E-state index contributed by atoms with van der Waals surface area (Å²) in [5.74, 6) is 0.870. The van der Waals surface area contributed by atoms with Crippen molar-refractivity contribution in [2.24, 2.45) is 5.73 Å². The predicted molar refractivity (Wildman–Crippen MR) is 59.8 cm³/mol. The van der Waals surface area contributed by atoms with E-state index in [-0.39, 0.29) is 0 Å². The van der Waals surface area contributed by atoms with Crippen LogP contribution in [0.4, 0.5) is 5.69 Å². The van der Waals surface area contributed by atoms with Crippen LogP contribution in [0.3, 0.4) is 0 Å². The number of anilines is 1. The maximum absolute atomic E-state index is 5.47. The second-order valence-corrected chi connectivity index (χ2v) is 3.35. The van der Waals surface area contributed by atoms with E-state index in [1.54, 1.807) is 7.11 Å². The highest BCUT2D eigenvalue weighted by molar-refractivity contribution is 5.48. The highest BCUT2D eigenvalue weighted by atomic mass is 16.5. The van der Waals surface area contributed by atoms with Gasteiger partial charge in [0.25, 0.3) is 0 Å². The lowest BCUT2D eigenvalue weighted by Gasteiger charge is -2.14. The summed E-state index contributed by atoms with van der Waals surface area (Å²) in [6.45, 7) is 2.82. The fraction of sp³-hybridized carbons (Fsp3) is 0.455. The van der Waals surface area contributed by atoms with Gasteiger partial charge >= 0.3 is 0 Å². The third kappa shape index (κ3) is 3.26. The van der Waals surface area contributed by atoms with Gasteiger partial charge in [-0.2, -0.15) is 0 Å². The Labute approximate surface area is 85.3 Å². The van der Waals surface area contributed by atoms with Crippen molar-refractivity contribution in [3.05, 3.63) is 24.3 Å². The van der Waals surface area contributed by atoms with Crippen LogP contribution in [0.25, 0.3) is 0 Å². The molecule has 14 heavy (non-hydrogen) atoms. The molecule has 1 aromatic carbocycles. The molecule has 0 spiro atoms. The zero-order valence-corrected chi connectivity index (χ0v) is 8.79. The van der Waals surface area contributed by atoms with Gasteiger partial charge < -0.3 is 15.8 Å². The van der Waals surface area contributed by atoms with E-state index in [0.29, 0.717) is 12.6 Å². The van der Waals surface area contributed by atoms with Gasteiger partial charge in [-0.25, -0.2) is 0 Å². The Bertz CT molecular complexity index is 276. The molecule has 1 aromatic rings. The van der Waals surface area contributed by atoms with Gasteiger partial charge in [0, 0.05) is 17.8 Å². The quantitative estimate of drug-likeness (QED) is 0.752. The lowest BCUT2D eigenvalue weighted by atomic mass is 10.2. The second kappa shape index (κ2) is 5.50. The van der Waals surface area contributed by atoms with Gasteiger partial charge in [-0.1, -0.05) is 6.07 Å². The van der Waals surface area contributed by atoms with E-state index >= 15 is 0 Å². The summed E-state index contributed by atoms with van der Waals surface area (Å²) in [5.41, 5.74) is 6.55. The lowest BCUT2D eigenvalue weighted by Crippen LogP contribution is -2.19. The Balaban J connectivity index is 2.57. The monoisotopic (exact) mass is 194 g/mol. The number of nitrogens with two attached hydrogens (primary N) is 1. The smallest absolute Gasteiger partial charge is 0.120 e. The van der Waals surface area contributed by atoms with Gasteiger partial charge in [-0.05, 0) is 32.0 Å². The molecule has 0 fully saturated rings. The zero-order valence-electron chi connectivity index (χ0n) is 8.79. The minimum absolute atomic E-state index is 0.395. The van der Waals surface area contributed by atoms with Gasteiger partial charge in [0.1, 0.15) is 5.75 Å². The molecule has 0 radical (unpaired) electrons. The summed E-state index contributed by atoms with van der Waals surface area (Å²) < 4.78 is 5.13. The molecular formula is C11H18N2O. The Morgan fingerprint density at radius 2 is 2.29 bits per heavy atom. The summed E-state index contributed by atoms with van der Waals surface area (Å²) in [4.78, 5) is 0. The second-order valence-electron chi connectivity index (χ2n) is 3.35. The van der Waals surface area contributed by atoms with Crippen LogP contribution in [-0.4, -0.2) is 19.7 Å². The molecule has 1 rings (SSSR count). The first-order chi connectivity index (χ1) is 6.76. The molecule has 0 aliphatic carbocycles. The first-order valence-electron chi connectivity index (χ1n) is 4.87. The highest BCUT2D eigenvalue weighted by Crippen LogP contribution is 2.17. The van der Waals surface area contributed by atoms with Crippen LogP contribution in [0.1, 0.15) is 13.3 Å². The van der Waals surface area contributed by atoms with Gasteiger partial charge in [-0.3, -0.25) is 0 Å². The molecule has 0 aromatic heterocycles. The van der Waals surface area contributed by atoms with Crippen LogP contribution in [0, 0.1) is 0 Å². The van der Waals surface area contributed by atoms with Crippen molar-refractivity contribution in [3.8, 4) is 5.75 Å². The van der Waals surface area contributed by atoms with Gasteiger partial charge in [0.15, 0.2) is 0 Å². The van der Waals surface area contributed by atoms with Crippen LogP contribution < -0.4 is 15.8 Å². The Morgan fingerprint density at radius 3 is 2.93 bits per heavy atom.